The monoisotopic (exact) mass is 391 g/mol. The van der Waals surface area contributed by atoms with Gasteiger partial charge in [-0.25, -0.2) is 4.79 Å². The number of rotatable bonds is 8. The van der Waals surface area contributed by atoms with E-state index in [1.54, 1.807) is 6.92 Å². The second-order valence-corrected chi connectivity index (χ2v) is 7.33. The molecule has 0 aromatic heterocycles. The minimum absolute atomic E-state index is 0.0688. The van der Waals surface area contributed by atoms with Crippen molar-refractivity contribution < 1.29 is 24.2 Å². The van der Waals surface area contributed by atoms with E-state index in [2.05, 4.69) is 5.32 Å². The van der Waals surface area contributed by atoms with Crippen LogP contribution in [0, 0.1) is 5.92 Å². The summed E-state index contributed by atoms with van der Waals surface area (Å²) in [5, 5.41) is 12.1. The number of nitrogens with one attached hydrogen (secondary N) is 1. The Balaban J connectivity index is 1.91. The zero-order chi connectivity index (χ0) is 20.7. The number of carbonyl (C=O) groups is 3. The molecule has 0 aliphatic carbocycles. The predicted molar refractivity (Wildman–Crippen MR) is 103 cm³/mol. The Hall–Kier alpha value is -2.61. The summed E-state index contributed by atoms with van der Waals surface area (Å²) in [4.78, 5) is 37.8. The Morgan fingerprint density at radius 1 is 1.36 bits per heavy atom. The van der Waals surface area contributed by atoms with Crippen LogP contribution in [0.15, 0.2) is 30.3 Å². The van der Waals surface area contributed by atoms with Gasteiger partial charge in [0.05, 0.1) is 0 Å². The fourth-order valence-electron chi connectivity index (χ4n) is 3.43. The number of aliphatic carboxylic acids is 1. The van der Waals surface area contributed by atoms with Gasteiger partial charge in [-0.05, 0) is 18.9 Å². The molecule has 1 aliphatic rings. The van der Waals surface area contributed by atoms with Gasteiger partial charge in [0.1, 0.15) is 18.2 Å². The molecule has 1 aromatic rings. The predicted octanol–water partition coefficient (Wildman–Crippen LogP) is 1.73. The van der Waals surface area contributed by atoms with E-state index in [0.29, 0.717) is 6.42 Å². The third kappa shape index (κ3) is 5.22. The Kier molecular flexibility index (Phi) is 7.39. The number of nitrogens with zero attached hydrogens (tertiary/aromatic N) is 1. The van der Waals surface area contributed by atoms with Crippen molar-refractivity contribution in [1.82, 2.24) is 10.2 Å². The lowest BCUT2D eigenvalue weighted by molar-refractivity contribution is -0.144. The number of carboxylic acids is 1. The van der Waals surface area contributed by atoms with Crippen molar-refractivity contribution in [3.8, 4) is 0 Å². The number of carbonyl (C=O) groups excluding carboxylic acids is 2. The van der Waals surface area contributed by atoms with Crippen molar-refractivity contribution in [3.63, 3.8) is 0 Å². The van der Waals surface area contributed by atoms with Gasteiger partial charge in [-0.1, -0.05) is 50.1 Å². The van der Waals surface area contributed by atoms with Crippen molar-refractivity contribution in [2.45, 2.75) is 51.3 Å². The van der Waals surface area contributed by atoms with Crippen LogP contribution in [0.25, 0.3) is 0 Å². The molecule has 1 fully saturated rings. The van der Waals surface area contributed by atoms with E-state index in [0.717, 1.165) is 18.4 Å². The molecule has 0 bridgehead atoms. The number of amides is 2. The molecule has 0 unspecified atom stereocenters. The summed E-state index contributed by atoms with van der Waals surface area (Å²) >= 11 is 0. The van der Waals surface area contributed by atoms with E-state index in [1.807, 2.05) is 37.3 Å². The third-order valence-electron chi connectivity index (χ3n) is 5.16. The minimum atomic E-state index is -1.46. The maximum Gasteiger partial charge on any atom is 0.408 e. The summed E-state index contributed by atoms with van der Waals surface area (Å²) in [7, 11) is 0. The van der Waals surface area contributed by atoms with Crippen LogP contribution in [0.1, 0.15) is 38.7 Å². The first-order chi connectivity index (χ1) is 13.3. The maximum atomic E-state index is 12.7. The molecule has 28 heavy (non-hydrogen) atoms. The quantitative estimate of drug-likeness (QED) is 0.620. The smallest absolute Gasteiger partial charge is 0.408 e. The minimum Gasteiger partial charge on any atom is -0.480 e. The molecular weight excluding hydrogens is 362 g/mol. The molecule has 0 radical (unpaired) electrons. The van der Waals surface area contributed by atoms with Crippen LogP contribution in [0.5, 0.6) is 0 Å². The van der Waals surface area contributed by atoms with Crippen LogP contribution >= 0.6 is 0 Å². The van der Waals surface area contributed by atoms with Gasteiger partial charge in [0.25, 0.3) is 0 Å². The molecule has 8 heteroatoms. The van der Waals surface area contributed by atoms with E-state index < -0.39 is 23.6 Å². The lowest BCUT2D eigenvalue weighted by atomic mass is 9.84. The van der Waals surface area contributed by atoms with Gasteiger partial charge in [-0.15, -0.1) is 0 Å². The highest BCUT2D eigenvalue weighted by Gasteiger charge is 2.50. The fourth-order valence-corrected chi connectivity index (χ4v) is 3.43. The Bertz CT molecular complexity index is 696. The standard InChI is InChI=1S/C20H29N3O5/c1-3-4-10-16-11-23(13-20(16,21)18(25)26)17(24)14(2)22-19(27)28-12-15-8-6-5-7-9-15/h5-9,14,16H,3-4,10-13,21H2,1-2H3,(H,22,27)(H,25,26)/t14-,16-,20-/m0/s1. The van der Waals surface area contributed by atoms with Gasteiger partial charge in [0.2, 0.25) is 5.91 Å². The van der Waals surface area contributed by atoms with Gasteiger partial charge in [0, 0.05) is 19.0 Å². The van der Waals surface area contributed by atoms with Crippen molar-refractivity contribution in [2.24, 2.45) is 11.7 Å². The summed E-state index contributed by atoms with van der Waals surface area (Å²) in [5.41, 5.74) is 5.50. The molecule has 0 spiro atoms. The third-order valence-corrected chi connectivity index (χ3v) is 5.16. The van der Waals surface area contributed by atoms with E-state index in [1.165, 1.54) is 4.90 Å². The number of likely N-dealkylation sites (tertiary alicyclic amines) is 1. The molecule has 1 heterocycles. The molecule has 154 valence electrons. The molecule has 4 N–H and O–H groups in total. The molecule has 8 nitrogen and oxygen atoms in total. The van der Waals surface area contributed by atoms with Gasteiger partial charge >= 0.3 is 12.1 Å². The van der Waals surface area contributed by atoms with Crippen LogP contribution in [0.4, 0.5) is 4.79 Å². The number of unbranched alkanes of at least 4 members (excludes halogenated alkanes) is 1. The van der Waals surface area contributed by atoms with Gasteiger partial charge < -0.3 is 25.8 Å². The van der Waals surface area contributed by atoms with Crippen molar-refractivity contribution in [2.75, 3.05) is 13.1 Å². The van der Waals surface area contributed by atoms with E-state index >= 15 is 0 Å². The molecule has 2 rings (SSSR count). The van der Waals surface area contributed by atoms with Crippen LogP contribution in [0.2, 0.25) is 0 Å². The molecule has 0 saturated carbocycles. The Morgan fingerprint density at radius 2 is 2.04 bits per heavy atom. The lowest BCUT2D eigenvalue weighted by Gasteiger charge is -2.25. The summed E-state index contributed by atoms with van der Waals surface area (Å²) in [6.07, 6.45) is 1.71. The maximum absolute atomic E-state index is 12.7. The number of ether oxygens (including phenoxy) is 1. The van der Waals surface area contributed by atoms with Crippen molar-refractivity contribution in [1.29, 1.82) is 0 Å². The molecule has 2 amide bonds. The molecule has 3 atom stereocenters. The molecule has 1 aromatic carbocycles. The number of hydrogen-bond acceptors (Lipinski definition) is 5. The first-order valence-corrected chi connectivity index (χ1v) is 9.56. The van der Waals surface area contributed by atoms with Crippen molar-refractivity contribution in [3.05, 3.63) is 35.9 Å². The number of nitrogens with two attached hydrogens (primary N) is 1. The number of carboxylic acid groups (broad SMARTS) is 1. The molecular formula is C20H29N3O5. The molecule has 1 aliphatic heterocycles. The highest BCUT2D eigenvalue weighted by Crippen LogP contribution is 2.30. The van der Waals surface area contributed by atoms with Crippen molar-refractivity contribution >= 4 is 18.0 Å². The number of benzene rings is 1. The van der Waals surface area contributed by atoms with Gasteiger partial charge in [0.15, 0.2) is 0 Å². The van der Waals surface area contributed by atoms with E-state index in [4.69, 9.17) is 10.5 Å². The molecule has 1 saturated heterocycles. The first kappa shape index (κ1) is 21.7. The second-order valence-electron chi connectivity index (χ2n) is 7.33. The van der Waals surface area contributed by atoms with Crippen LogP contribution in [-0.4, -0.2) is 52.6 Å². The number of hydrogen-bond donors (Lipinski definition) is 3. The average molecular weight is 391 g/mol. The summed E-state index contributed by atoms with van der Waals surface area (Å²) < 4.78 is 5.13. The number of alkyl carbamates (subject to hydrolysis) is 1. The van der Waals surface area contributed by atoms with E-state index in [-0.39, 0.29) is 31.5 Å². The lowest BCUT2D eigenvalue weighted by Crippen LogP contribution is -2.55. The highest BCUT2D eigenvalue weighted by atomic mass is 16.5. The van der Waals surface area contributed by atoms with Gasteiger partial charge in [-0.2, -0.15) is 0 Å². The highest BCUT2D eigenvalue weighted by molar-refractivity contribution is 5.88. The zero-order valence-corrected chi connectivity index (χ0v) is 16.4. The summed E-state index contributed by atoms with van der Waals surface area (Å²) in [6, 6.07) is 8.36. The van der Waals surface area contributed by atoms with Crippen LogP contribution in [-0.2, 0) is 20.9 Å². The van der Waals surface area contributed by atoms with Crippen LogP contribution in [0.3, 0.4) is 0 Å². The summed E-state index contributed by atoms with van der Waals surface area (Å²) in [5.74, 6) is -1.79. The SMILES string of the molecule is CCCC[C@H]1CN(C(=O)[C@H](C)NC(=O)OCc2ccccc2)C[C@@]1(N)C(=O)O. The second kappa shape index (κ2) is 9.54. The van der Waals surface area contributed by atoms with E-state index in [9.17, 15) is 19.5 Å². The summed E-state index contributed by atoms with van der Waals surface area (Å²) in [6.45, 7) is 3.86. The van der Waals surface area contributed by atoms with Crippen LogP contribution < -0.4 is 11.1 Å². The Labute approximate surface area is 165 Å². The first-order valence-electron chi connectivity index (χ1n) is 9.56. The average Bonchev–Trinajstić information content (AvgIpc) is 3.02. The topological polar surface area (TPSA) is 122 Å². The zero-order valence-electron chi connectivity index (χ0n) is 16.4. The van der Waals surface area contributed by atoms with Gasteiger partial charge in [-0.3, -0.25) is 9.59 Å². The Morgan fingerprint density at radius 3 is 2.64 bits per heavy atom. The normalized spacial score (nSPS) is 22.5. The largest absolute Gasteiger partial charge is 0.480 e. The fraction of sp³-hybridized carbons (Fsp3) is 0.550.